The van der Waals surface area contributed by atoms with Crippen LogP contribution in [0.1, 0.15) is 32.1 Å². The number of aliphatic carboxylic acids is 1. The van der Waals surface area contributed by atoms with Gasteiger partial charge in [-0.2, -0.15) is 0 Å². The molecule has 0 aromatic heterocycles. The molecule has 5 heteroatoms. The van der Waals surface area contributed by atoms with Crippen LogP contribution >= 0.6 is 0 Å². The van der Waals surface area contributed by atoms with E-state index in [2.05, 4.69) is 11.2 Å². The number of hydrogen-bond donors (Lipinski definition) is 2. The molecule has 4 unspecified atom stereocenters. The Morgan fingerprint density at radius 2 is 1.95 bits per heavy atom. The van der Waals surface area contributed by atoms with E-state index in [4.69, 9.17) is 6.42 Å². The first kappa shape index (κ1) is 14.2. The molecule has 4 atom stereocenters. The quantitative estimate of drug-likeness (QED) is 0.755. The second kappa shape index (κ2) is 5.59. The first-order valence-electron chi connectivity index (χ1n) is 7.82. The van der Waals surface area contributed by atoms with Gasteiger partial charge in [-0.1, -0.05) is 5.92 Å². The average Bonchev–Trinajstić information content (AvgIpc) is 3.03. The standard InChI is InChI=1S/C16H22N2O3/c1-2-7-18(9-10-3-4-10)16(21)17-14-12-6-5-11(8-12)13(14)15(19)20/h1,10-14H,3-9H2,(H,17,21)(H,19,20). The number of terminal acetylenes is 1. The Morgan fingerprint density at radius 3 is 2.57 bits per heavy atom. The lowest BCUT2D eigenvalue weighted by atomic mass is 9.84. The van der Waals surface area contributed by atoms with Crippen LogP contribution in [0, 0.1) is 36.0 Å². The third kappa shape index (κ3) is 2.85. The molecule has 2 bridgehead atoms. The van der Waals surface area contributed by atoms with E-state index < -0.39 is 11.9 Å². The number of carboxylic acids is 1. The van der Waals surface area contributed by atoms with E-state index in [1.165, 1.54) is 0 Å². The van der Waals surface area contributed by atoms with Crippen molar-refractivity contribution in [1.82, 2.24) is 10.2 Å². The highest BCUT2D eigenvalue weighted by Crippen LogP contribution is 2.48. The predicted octanol–water partition coefficient (Wildman–Crippen LogP) is 1.54. The van der Waals surface area contributed by atoms with E-state index in [1.807, 2.05) is 0 Å². The summed E-state index contributed by atoms with van der Waals surface area (Å²) in [4.78, 5) is 25.5. The van der Waals surface area contributed by atoms with Crippen LogP contribution in [0.2, 0.25) is 0 Å². The van der Waals surface area contributed by atoms with Gasteiger partial charge >= 0.3 is 12.0 Å². The number of urea groups is 1. The smallest absolute Gasteiger partial charge is 0.318 e. The summed E-state index contributed by atoms with van der Waals surface area (Å²) in [5, 5.41) is 12.4. The van der Waals surface area contributed by atoms with Crippen LogP contribution in [-0.4, -0.2) is 41.1 Å². The van der Waals surface area contributed by atoms with Crippen molar-refractivity contribution < 1.29 is 14.7 Å². The number of nitrogens with one attached hydrogen (secondary N) is 1. The Morgan fingerprint density at radius 1 is 1.24 bits per heavy atom. The highest BCUT2D eigenvalue weighted by atomic mass is 16.4. The second-order valence-corrected chi connectivity index (χ2v) is 6.70. The van der Waals surface area contributed by atoms with Crippen LogP contribution in [0.4, 0.5) is 4.79 Å². The Kier molecular flexibility index (Phi) is 3.79. The summed E-state index contributed by atoms with van der Waals surface area (Å²) in [7, 11) is 0. The molecule has 3 aliphatic rings. The van der Waals surface area contributed by atoms with Crippen LogP contribution < -0.4 is 5.32 Å². The molecular weight excluding hydrogens is 268 g/mol. The first-order valence-corrected chi connectivity index (χ1v) is 7.82. The molecule has 0 spiro atoms. The molecule has 3 fully saturated rings. The van der Waals surface area contributed by atoms with Gasteiger partial charge in [-0.3, -0.25) is 4.79 Å². The maximum Gasteiger partial charge on any atom is 0.318 e. The maximum absolute atomic E-state index is 12.4. The second-order valence-electron chi connectivity index (χ2n) is 6.70. The minimum absolute atomic E-state index is 0.191. The van der Waals surface area contributed by atoms with E-state index in [0.29, 0.717) is 24.9 Å². The fraction of sp³-hybridized carbons (Fsp3) is 0.750. The van der Waals surface area contributed by atoms with Gasteiger partial charge in [0.25, 0.3) is 0 Å². The van der Waals surface area contributed by atoms with Gasteiger partial charge in [0.15, 0.2) is 0 Å². The number of rotatable bonds is 5. The minimum atomic E-state index is -0.779. The zero-order valence-electron chi connectivity index (χ0n) is 12.1. The van der Waals surface area contributed by atoms with Gasteiger partial charge in [0, 0.05) is 12.6 Å². The van der Waals surface area contributed by atoms with Crippen molar-refractivity contribution in [2.75, 3.05) is 13.1 Å². The Labute approximate surface area is 125 Å². The average molecular weight is 290 g/mol. The molecule has 2 amide bonds. The number of hydrogen-bond acceptors (Lipinski definition) is 2. The highest BCUT2D eigenvalue weighted by molar-refractivity contribution is 5.78. The summed E-state index contributed by atoms with van der Waals surface area (Å²) in [6.45, 7) is 0.982. The first-order chi connectivity index (χ1) is 10.1. The molecular formula is C16H22N2O3. The normalized spacial score (nSPS) is 33.5. The summed E-state index contributed by atoms with van der Waals surface area (Å²) in [5.41, 5.74) is 0. The highest BCUT2D eigenvalue weighted by Gasteiger charge is 2.51. The number of carbonyl (C=O) groups excluding carboxylic acids is 1. The van der Waals surface area contributed by atoms with Gasteiger partial charge in [-0.25, -0.2) is 4.79 Å². The molecule has 0 aliphatic heterocycles. The third-order valence-corrected chi connectivity index (χ3v) is 5.24. The summed E-state index contributed by atoms with van der Waals surface area (Å²) >= 11 is 0. The van der Waals surface area contributed by atoms with E-state index in [-0.39, 0.29) is 18.0 Å². The van der Waals surface area contributed by atoms with Gasteiger partial charge < -0.3 is 15.3 Å². The van der Waals surface area contributed by atoms with Crippen molar-refractivity contribution >= 4 is 12.0 Å². The van der Waals surface area contributed by atoms with E-state index in [0.717, 1.165) is 32.1 Å². The van der Waals surface area contributed by atoms with Crippen molar-refractivity contribution in [3.63, 3.8) is 0 Å². The van der Waals surface area contributed by atoms with Gasteiger partial charge in [0.05, 0.1) is 12.5 Å². The molecule has 2 N–H and O–H groups in total. The molecule has 3 saturated carbocycles. The number of carboxylic acid groups (broad SMARTS) is 1. The Balaban J connectivity index is 1.64. The summed E-state index contributed by atoms with van der Waals surface area (Å²) in [6, 6.07) is -0.420. The molecule has 3 aliphatic carbocycles. The van der Waals surface area contributed by atoms with Crippen LogP contribution in [0.5, 0.6) is 0 Å². The summed E-state index contributed by atoms with van der Waals surface area (Å²) < 4.78 is 0. The fourth-order valence-electron chi connectivity index (χ4n) is 4.03. The SMILES string of the molecule is C#CCN(CC1CC1)C(=O)NC1C2CCC(C2)C1C(=O)O. The maximum atomic E-state index is 12.4. The molecule has 0 aromatic rings. The summed E-state index contributed by atoms with van der Waals surface area (Å²) in [5.74, 6) is 2.42. The molecule has 0 heterocycles. The molecule has 114 valence electrons. The summed E-state index contributed by atoms with van der Waals surface area (Å²) in [6.07, 6.45) is 10.6. The van der Waals surface area contributed by atoms with Crippen molar-refractivity contribution in [3.8, 4) is 12.3 Å². The van der Waals surface area contributed by atoms with Gasteiger partial charge in [-0.05, 0) is 49.9 Å². The minimum Gasteiger partial charge on any atom is -0.481 e. The number of amides is 2. The Bertz CT molecular complexity index is 480. The van der Waals surface area contributed by atoms with Crippen molar-refractivity contribution in [2.45, 2.75) is 38.1 Å². The molecule has 21 heavy (non-hydrogen) atoms. The van der Waals surface area contributed by atoms with Crippen LogP contribution in [0.15, 0.2) is 0 Å². The van der Waals surface area contributed by atoms with Crippen LogP contribution in [-0.2, 0) is 4.79 Å². The lowest BCUT2D eigenvalue weighted by Gasteiger charge is -2.31. The predicted molar refractivity (Wildman–Crippen MR) is 77.4 cm³/mol. The molecule has 0 saturated heterocycles. The molecule has 5 nitrogen and oxygen atoms in total. The lowest BCUT2D eigenvalue weighted by molar-refractivity contribution is -0.144. The third-order valence-electron chi connectivity index (χ3n) is 5.24. The van der Waals surface area contributed by atoms with Crippen molar-refractivity contribution in [3.05, 3.63) is 0 Å². The monoisotopic (exact) mass is 290 g/mol. The number of carbonyl (C=O) groups is 2. The number of nitrogens with zero attached hydrogens (tertiary/aromatic N) is 1. The van der Waals surface area contributed by atoms with Gasteiger partial charge in [-0.15, -0.1) is 6.42 Å². The fourth-order valence-corrected chi connectivity index (χ4v) is 4.03. The molecule has 0 radical (unpaired) electrons. The molecule has 3 rings (SSSR count). The zero-order chi connectivity index (χ0) is 15.0. The van der Waals surface area contributed by atoms with Gasteiger partial charge in [0.1, 0.15) is 0 Å². The van der Waals surface area contributed by atoms with E-state index in [9.17, 15) is 14.7 Å². The van der Waals surface area contributed by atoms with E-state index in [1.54, 1.807) is 4.90 Å². The van der Waals surface area contributed by atoms with E-state index >= 15 is 0 Å². The topological polar surface area (TPSA) is 69.6 Å². The lowest BCUT2D eigenvalue weighted by Crippen LogP contribution is -2.51. The van der Waals surface area contributed by atoms with Crippen molar-refractivity contribution in [2.24, 2.45) is 23.7 Å². The van der Waals surface area contributed by atoms with Crippen molar-refractivity contribution in [1.29, 1.82) is 0 Å². The van der Waals surface area contributed by atoms with Crippen LogP contribution in [0.3, 0.4) is 0 Å². The number of fused-ring (bicyclic) bond motifs is 2. The molecule has 0 aromatic carbocycles. The largest absolute Gasteiger partial charge is 0.481 e. The van der Waals surface area contributed by atoms with Gasteiger partial charge in [0.2, 0.25) is 0 Å². The van der Waals surface area contributed by atoms with Crippen LogP contribution in [0.25, 0.3) is 0 Å². The zero-order valence-corrected chi connectivity index (χ0v) is 12.1. The Hall–Kier alpha value is -1.70.